The Morgan fingerprint density at radius 1 is 1.12 bits per heavy atom. The average molecular weight is 470 g/mol. The van der Waals surface area contributed by atoms with Crippen LogP contribution in [0.1, 0.15) is 11.1 Å². The van der Waals surface area contributed by atoms with Crippen molar-refractivity contribution in [1.82, 2.24) is 24.6 Å². The molecule has 0 spiro atoms. The average Bonchev–Trinajstić information content (AvgIpc) is 3.42. The number of halogens is 3. The molecule has 0 radical (unpaired) electrons. The van der Waals surface area contributed by atoms with Gasteiger partial charge >= 0.3 is 12.2 Å². The Morgan fingerprint density at radius 2 is 1.88 bits per heavy atom. The van der Waals surface area contributed by atoms with Gasteiger partial charge in [-0.2, -0.15) is 18.3 Å². The van der Waals surface area contributed by atoms with Crippen molar-refractivity contribution in [3.05, 3.63) is 78.5 Å². The molecular formula is C22H17F3N6O3. The molecule has 4 rings (SSSR count). The molecule has 1 aliphatic rings. The highest BCUT2D eigenvalue weighted by molar-refractivity contribution is 6.07. The lowest BCUT2D eigenvalue weighted by atomic mass is 10.1. The maximum atomic E-state index is 13.2. The molecule has 4 amide bonds. The number of urea groups is 1. The zero-order chi connectivity index (χ0) is 24.3. The van der Waals surface area contributed by atoms with Crippen LogP contribution in [0.3, 0.4) is 0 Å². The molecule has 2 heterocycles. The summed E-state index contributed by atoms with van der Waals surface area (Å²) in [5.41, 5.74) is -0.253. The summed E-state index contributed by atoms with van der Waals surface area (Å²) < 4.78 is 40.8. The lowest BCUT2D eigenvalue weighted by Gasteiger charge is -2.17. The molecule has 1 fully saturated rings. The summed E-state index contributed by atoms with van der Waals surface area (Å²) in [5.74, 6) is -1.46. The van der Waals surface area contributed by atoms with E-state index in [0.717, 1.165) is 33.6 Å². The quantitative estimate of drug-likeness (QED) is 0.558. The number of hydrogen-bond donors (Lipinski definition) is 1. The Labute approximate surface area is 191 Å². The first-order valence-corrected chi connectivity index (χ1v) is 9.93. The van der Waals surface area contributed by atoms with Crippen molar-refractivity contribution in [3.63, 3.8) is 0 Å². The number of alkyl halides is 3. The normalized spacial score (nSPS) is 14.3. The molecule has 12 heteroatoms. The van der Waals surface area contributed by atoms with Crippen LogP contribution < -0.4 is 5.32 Å². The molecule has 3 aromatic rings. The second-order valence-corrected chi connectivity index (χ2v) is 7.23. The number of aromatic nitrogens is 3. The summed E-state index contributed by atoms with van der Waals surface area (Å²) in [7, 11) is 0. The number of carbonyl (C=O) groups is 3. The summed E-state index contributed by atoms with van der Waals surface area (Å²) in [6.45, 7) is -0.927. The number of carbonyl (C=O) groups excluding carboxylic acids is 3. The van der Waals surface area contributed by atoms with Crippen LogP contribution in [-0.2, 0) is 15.8 Å². The third-order valence-electron chi connectivity index (χ3n) is 4.90. The predicted octanol–water partition coefficient (Wildman–Crippen LogP) is 3.16. The molecule has 1 aromatic heterocycles. The second kappa shape index (κ2) is 9.17. The van der Waals surface area contributed by atoms with Gasteiger partial charge in [0, 0.05) is 6.20 Å². The number of imide groups is 1. The van der Waals surface area contributed by atoms with Crippen LogP contribution in [0.2, 0.25) is 0 Å². The first-order valence-electron chi connectivity index (χ1n) is 9.93. The highest BCUT2D eigenvalue weighted by atomic mass is 19.4. The maximum absolute atomic E-state index is 13.2. The van der Waals surface area contributed by atoms with Gasteiger partial charge in [-0.1, -0.05) is 30.3 Å². The standard InChI is InChI=1S/C22H17F3N6O3/c23-22(24,25)16-6-7-18(31-14-26-13-27-31)17(10-16)28-19(32)11-30-20(33)12-29(21(30)34)9-8-15-4-2-1-3-5-15/h1-10,13-14H,11-12H2,(H,28,32)/b9-8+. The Morgan fingerprint density at radius 3 is 2.56 bits per heavy atom. The van der Waals surface area contributed by atoms with E-state index in [1.807, 2.05) is 30.3 Å². The highest BCUT2D eigenvalue weighted by Crippen LogP contribution is 2.33. The van der Waals surface area contributed by atoms with Crippen molar-refractivity contribution in [1.29, 1.82) is 0 Å². The fraction of sp³-hybridized carbons (Fsp3) is 0.136. The van der Waals surface area contributed by atoms with Gasteiger partial charge in [0.25, 0.3) is 5.91 Å². The summed E-state index contributed by atoms with van der Waals surface area (Å²) in [6.07, 6.45) is 0.864. The Hall–Kier alpha value is -4.48. The zero-order valence-corrected chi connectivity index (χ0v) is 17.4. The highest BCUT2D eigenvalue weighted by Gasteiger charge is 2.36. The van der Waals surface area contributed by atoms with Crippen molar-refractivity contribution >= 4 is 29.6 Å². The minimum atomic E-state index is -4.65. The molecule has 2 aromatic carbocycles. The maximum Gasteiger partial charge on any atom is 0.416 e. The number of anilines is 1. The molecule has 0 aliphatic carbocycles. The third kappa shape index (κ3) is 4.95. The van der Waals surface area contributed by atoms with Crippen LogP contribution in [0.15, 0.2) is 67.4 Å². The van der Waals surface area contributed by atoms with E-state index in [0.29, 0.717) is 0 Å². The van der Waals surface area contributed by atoms with Crippen LogP contribution in [-0.4, -0.2) is 55.5 Å². The van der Waals surface area contributed by atoms with Gasteiger partial charge in [0.1, 0.15) is 25.7 Å². The summed E-state index contributed by atoms with van der Waals surface area (Å²) in [4.78, 5) is 43.1. The van der Waals surface area contributed by atoms with E-state index in [4.69, 9.17) is 0 Å². The third-order valence-corrected chi connectivity index (χ3v) is 4.90. The van der Waals surface area contributed by atoms with Crippen LogP contribution in [0, 0.1) is 0 Å². The second-order valence-electron chi connectivity index (χ2n) is 7.23. The van der Waals surface area contributed by atoms with Gasteiger partial charge in [-0.3, -0.25) is 19.4 Å². The number of hydrogen-bond acceptors (Lipinski definition) is 5. The molecule has 0 atom stereocenters. The smallest absolute Gasteiger partial charge is 0.323 e. The van der Waals surface area contributed by atoms with Crippen LogP contribution in [0.5, 0.6) is 0 Å². The lowest BCUT2D eigenvalue weighted by molar-refractivity contribution is -0.137. The minimum absolute atomic E-state index is 0.130. The van der Waals surface area contributed by atoms with E-state index in [2.05, 4.69) is 15.4 Å². The summed E-state index contributed by atoms with van der Waals surface area (Å²) in [6, 6.07) is 11.1. The molecule has 1 aliphatic heterocycles. The van der Waals surface area contributed by atoms with Crippen LogP contribution >= 0.6 is 0 Å². The zero-order valence-electron chi connectivity index (χ0n) is 17.4. The molecular weight excluding hydrogens is 453 g/mol. The van der Waals surface area contributed by atoms with Crippen molar-refractivity contribution in [3.8, 4) is 5.69 Å². The lowest BCUT2D eigenvalue weighted by Crippen LogP contribution is -2.38. The summed E-state index contributed by atoms with van der Waals surface area (Å²) >= 11 is 0. The SMILES string of the molecule is O=C(CN1C(=O)CN(/C=C/c2ccccc2)C1=O)Nc1cc(C(F)(F)F)ccc1-n1cncn1. The van der Waals surface area contributed by atoms with Crippen LogP contribution in [0.25, 0.3) is 11.8 Å². The fourth-order valence-electron chi connectivity index (χ4n) is 3.25. The van der Waals surface area contributed by atoms with Gasteiger partial charge in [-0.05, 0) is 29.8 Å². The minimum Gasteiger partial charge on any atom is -0.323 e. The molecule has 9 nitrogen and oxygen atoms in total. The first-order chi connectivity index (χ1) is 16.2. The molecule has 1 saturated heterocycles. The van der Waals surface area contributed by atoms with E-state index in [-0.39, 0.29) is 17.9 Å². The Balaban J connectivity index is 1.49. The van der Waals surface area contributed by atoms with Crippen molar-refractivity contribution < 1.29 is 27.6 Å². The Bertz CT molecular complexity index is 1240. The molecule has 174 valence electrons. The van der Waals surface area contributed by atoms with E-state index in [1.165, 1.54) is 23.5 Å². The molecule has 1 N–H and O–H groups in total. The Kier molecular flexibility index (Phi) is 6.13. The van der Waals surface area contributed by atoms with Gasteiger partial charge < -0.3 is 5.32 Å². The number of amides is 4. The largest absolute Gasteiger partial charge is 0.416 e. The number of nitrogens with one attached hydrogen (secondary N) is 1. The number of benzene rings is 2. The van der Waals surface area contributed by atoms with E-state index < -0.39 is 36.1 Å². The summed E-state index contributed by atoms with van der Waals surface area (Å²) in [5, 5.41) is 6.21. The molecule has 34 heavy (non-hydrogen) atoms. The topological polar surface area (TPSA) is 100 Å². The first kappa shape index (κ1) is 22.7. The number of rotatable bonds is 6. The monoisotopic (exact) mass is 470 g/mol. The van der Waals surface area contributed by atoms with Crippen molar-refractivity contribution in [2.45, 2.75) is 6.18 Å². The number of nitrogens with zero attached hydrogens (tertiary/aromatic N) is 5. The van der Waals surface area contributed by atoms with Gasteiger partial charge in [0.2, 0.25) is 5.91 Å². The fourth-order valence-corrected chi connectivity index (χ4v) is 3.25. The van der Waals surface area contributed by atoms with E-state index >= 15 is 0 Å². The van der Waals surface area contributed by atoms with Gasteiger partial charge in [-0.15, -0.1) is 0 Å². The van der Waals surface area contributed by atoms with Crippen molar-refractivity contribution in [2.75, 3.05) is 18.4 Å². The van der Waals surface area contributed by atoms with Crippen molar-refractivity contribution in [2.24, 2.45) is 0 Å². The van der Waals surface area contributed by atoms with Gasteiger partial charge in [0.15, 0.2) is 0 Å². The molecule has 0 saturated carbocycles. The van der Waals surface area contributed by atoms with E-state index in [9.17, 15) is 27.6 Å². The van der Waals surface area contributed by atoms with E-state index in [1.54, 1.807) is 6.08 Å². The van der Waals surface area contributed by atoms with Gasteiger partial charge in [0.05, 0.1) is 16.9 Å². The molecule has 0 unspecified atom stereocenters. The van der Waals surface area contributed by atoms with Gasteiger partial charge in [-0.25, -0.2) is 14.5 Å². The van der Waals surface area contributed by atoms with Crippen LogP contribution in [0.4, 0.5) is 23.7 Å². The molecule has 0 bridgehead atoms. The predicted molar refractivity (Wildman–Crippen MR) is 114 cm³/mol.